The summed E-state index contributed by atoms with van der Waals surface area (Å²) >= 11 is 12.4. The number of hydrogen-bond donors (Lipinski definition) is 1. The van der Waals surface area contributed by atoms with Crippen molar-refractivity contribution in [1.29, 1.82) is 0 Å². The molecule has 1 amide bonds. The molecule has 166 valence electrons. The number of halogens is 3. The molecule has 0 atom stereocenters. The third-order valence-corrected chi connectivity index (χ3v) is 6.02. The number of piperazine rings is 1. The second-order valence-electron chi connectivity index (χ2n) is 7.67. The van der Waals surface area contributed by atoms with Gasteiger partial charge in [0.1, 0.15) is 5.82 Å². The van der Waals surface area contributed by atoms with Crippen LogP contribution in [0.1, 0.15) is 12.0 Å². The molecule has 31 heavy (non-hydrogen) atoms. The first kappa shape index (κ1) is 22.1. The Morgan fingerprint density at radius 3 is 2.35 bits per heavy atom. The Hall–Kier alpha value is -2.06. The number of carbonyl (C=O) groups excluding carboxylic acids is 1. The zero-order valence-corrected chi connectivity index (χ0v) is 18.5. The highest BCUT2D eigenvalue weighted by Crippen LogP contribution is 2.37. The number of anilines is 1. The van der Waals surface area contributed by atoms with Crippen molar-refractivity contribution in [2.75, 3.05) is 51.3 Å². The largest absolute Gasteiger partial charge is 0.490 e. The highest BCUT2D eigenvalue weighted by Gasteiger charge is 2.21. The molecule has 1 fully saturated rings. The lowest BCUT2D eigenvalue weighted by molar-refractivity contribution is -0.117. The van der Waals surface area contributed by atoms with Gasteiger partial charge in [0, 0.05) is 56.3 Å². The van der Waals surface area contributed by atoms with Gasteiger partial charge >= 0.3 is 0 Å². The average Bonchev–Trinajstić information content (AvgIpc) is 2.96. The van der Waals surface area contributed by atoms with E-state index in [2.05, 4.69) is 15.1 Å². The van der Waals surface area contributed by atoms with Crippen LogP contribution in [0.15, 0.2) is 30.3 Å². The molecule has 2 aromatic rings. The van der Waals surface area contributed by atoms with Crippen LogP contribution in [0.4, 0.5) is 10.1 Å². The monoisotopic (exact) mass is 467 g/mol. The summed E-state index contributed by atoms with van der Waals surface area (Å²) in [6, 6.07) is 7.87. The Balaban J connectivity index is 1.28. The molecule has 9 heteroatoms. The van der Waals surface area contributed by atoms with Crippen molar-refractivity contribution in [2.45, 2.75) is 13.0 Å². The van der Waals surface area contributed by atoms with Crippen molar-refractivity contribution in [3.05, 3.63) is 51.8 Å². The summed E-state index contributed by atoms with van der Waals surface area (Å²) in [6.07, 6.45) is 0.799. The fourth-order valence-electron chi connectivity index (χ4n) is 3.67. The summed E-state index contributed by atoms with van der Waals surface area (Å²) < 4.78 is 24.5. The van der Waals surface area contributed by atoms with Crippen molar-refractivity contribution in [3.63, 3.8) is 0 Å². The standard InChI is InChI=1S/C22H24Cl2FN3O3/c23-17-10-16(25)3-2-15(17)13-27-4-6-28(7-5-27)14-22(29)26-19-12-21-20(11-18(19)24)30-8-1-9-31-21/h2-3,10-12H,1,4-9,13-14H2,(H,26,29). The van der Waals surface area contributed by atoms with Gasteiger partial charge in [0.2, 0.25) is 5.91 Å². The lowest BCUT2D eigenvalue weighted by Crippen LogP contribution is -2.48. The van der Waals surface area contributed by atoms with Gasteiger partial charge in [-0.05, 0) is 17.7 Å². The van der Waals surface area contributed by atoms with Crippen LogP contribution in [0.5, 0.6) is 11.5 Å². The molecule has 0 bridgehead atoms. The van der Waals surface area contributed by atoms with Crippen LogP contribution >= 0.6 is 23.2 Å². The van der Waals surface area contributed by atoms with E-state index in [4.69, 9.17) is 32.7 Å². The maximum Gasteiger partial charge on any atom is 0.238 e. The van der Waals surface area contributed by atoms with Crippen molar-refractivity contribution in [2.24, 2.45) is 0 Å². The Bertz CT molecular complexity index is 952. The Morgan fingerprint density at radius 1 is 0.968 bits per heavy atom. The van der Waals surface area contributed by atoms with Crippen LogP contribution in [0.3, 0.4) is 0 Å². The van der Waals surface area contributed by atoms with Gasteiger partial charge in [-0.2, -0.15) is 0 Å². The molecule has 6 nitrogen and oxygen atoms in total. The lowest BCUT2D eigenvalue weighted by Gasteiger charge is -2.34. The molecule has 2 aromatic carbocycles. The molecule has 0 aromatic heterocycles. The van der Waals surface area contributed by atoms with E-state index in [1.807, 2.05) is 0 Å². The van der Waals surface area contributed by atoms with E-state index in [0.717, 1.165) is 38.2 Å². The van der Waals surface area contributed by atoms with Crippen LogP contribution in [-0.4, -0.2) is 61.6 Å². The smallest absolute Gasteiger partial charge is 0.238 e. The Labute approximate surface area is 190 Å². The number of rotatable bonds is 5. The van der Waals surface area contributed by atoms with Gasteiger partial charge in [0.05, 0.1) is 30.5 Å². The quantitative estimate of drug-likeness (QED) is 0.718. The summed E-state index contributed by atoms with van der Waals surface area (Å²) in [5, 5.41) is 3.73. The second kappa shape index (κ2) is 10.0. The maximum atomic E-state index is 13.2. The summed E-state index contributed by atoms with van der Waals surface area (Å²) in [7, 11) is 0. The summed E-state index contributed by atoms with van der Waals surface area (Å²) in [5.74, 6) is 0.716. The number of ether oxygens (including phenoxy) is 2. The predicted molar refractivity (Wildman–Crippen MR) is 119 cm³/mol. The summed E-state index contributed by atoms with van der Waals surface area (Å²) in [5.41, 5.74) is 1.42. The number of benzene rings is 2. The predicted octanol–water partition coefficient (Wildman–Crippen LogP) is 4.05. The van der Waals surface area contributed by atoms with Crippen LogP contribution in [0, 0.1) is 5.82 Å². The molecule has 2 aliphatic heterocycles. The molecule has 2 aliphatic rings. The molecule has 1 saturated heterocycles. The molecule has 4 rings (SSSR count). The zero-order chi connectivity index (χ0) is 21.8. The molecule has 2 heterocycles. The molecular weight excluding hydrogens is 444 g/mol. The zero-order valence-electron chi connectivity index (χ0n) is 17.0. The minimum absolute atomic E-state index is 0.133. The highest BCUT2D eigenvalue weighted by molar-refractivity contribution is 6.34. The van der Waals surface area contributed by atoms with E-state index in [9.17, 15) is 9.18 Å². The fraction of sp³-hybridized carbons (Fsp3) is 0.409. The van der Waals surface area contributed by atoms with Gasteiger partial charge in [0.25, 0.3) is 0 Å². The van der Waals surface area contributed by atoms with Crippen molar-refractivity contribution >= 4 is 34.8 Å². The number of hydrogen-bond acceptors (Lipinski definition) is 5. The third-order valence-electron chi connectivity index (χ3n) is 5.35. The van der Waals surface area contributed by atoms with Crippen LogP contribution < -0.4 is 14.8 Å². The van der Waals surface area contributed by atoms with Gasteiger partial charge in [-0.25, -0.2) is 4.39 Å². The van der Waals surface area contributed by atoms with Crippen molar-refractivity contribution < 1.29 is 18.7 Å². The van der Waals surface area contributed by atoms with E-state index in [1.54, 1.807) is 18.2 Å². The highest BCUT2D eigenvalue weighted by atomic mass is 35.5. The molecule has 1 N–H and O–H groups in total. The first-order valence-electron chi connectivity index (χ1n) is 10.3. The first-order valence-corrected chi connectivity index (χ1v) is 11.0. The van der Waals surface area contributed by atoms with Crippen molar-refractivity contribution in [3.8, 4) is 11.5 Å². The Kier molecular flexibility index (Phi) is 7.17. The van der Waals surface area contributed by atoms with Gasteiger partial charge in [0.15, 0.2) is 11.5 Å². The molecule has 0 aliphatic carbocycles. The van der Waals surface area contributed by atoms with E-state index < -0.39 is 0 Å². The van der Waals surface area contributed by atoms with E-state index in [-0.39, 0.29) is 18.3 Å². The van der Waals surface area contributed by atoms with Crippen LogP contribution in [0.25, 0.3) is 0 Å². The van der Waals surface area contributed by atoms with Gasteiger partial charge in [-0.15, -0.1) is 0 Å². The summed E-state index contributed by atoms with van der Waals surface area (Å²) in [6.45, 7) is 5.17. The van der Waals surface area contributed by atoms with E-state index in [0.29, 0.717) is 47.0 Å². The van der Waals surface area contributed by atoms with E-state index >= 15 is 0 Å². The number of carbonyl (C=O) groups is 1. The minimum atomic E-state index is -0.335. The van der Waals surface area contributed by atoms with Gasteiger partial charge < -0.3 is 14.8 Å². The van der Waals surface area contributed by atoms with E-state index in [1.165, 1.54) is 12.1 Å². The minimum Gasteiger partial charge on any atom is -0.490 e. The molecule has 0 radical (unpaired) electrons. The molecular formula is C22H24Cl2FN3O3. The van der Waals surface area contributed by atoms with Gasteiger partial charge in [-0.1, -0.05) is 29.3 Å². The SMILES string of the molecule is O=C(CN1CCN(Cc2ccc(F)cc2Cl)CC1)Nc1cc2c(cc1Cl)OCCCO2. The summed E-state index contributed by atoms with van der Waals surface area (Å²) in [4.78, 5) is 16.9. The second-order valence-corrected chi connectivity index (χ2v) is 8.48. The molecule has 0 spiro atoms. The lowest BCUT2D eigenvalue weighted by atomic mass is 10.2. The fourth-order valence-corrected chi connectivity index (χ4v) is 4.10. The number of amides is 1. The topological polar surface area (TPSA) is 54.0 Å². The number of nitrogens with zero attached hydrogens (tertiary/aromatic N) is 2. The molecule has 0 unspecified atom stereocenters. The normalized spacial score (nSPS) is 17.3. The van der Waals surface area contributed by atoms with Crippen molar-refractivity contribution in [1.82, 2.24) is 9.80 Å². The average molecular weight is 468 g/mol. The number of fused-ring (bicyclic) bond motifs is 1. The van der Waals surface area contributed by atoms with Crippen LogP contribution in [0.2, 0.25) is 10.0 Å². The number of nitrogens with one attached hydrogen (secondary N) is 1. The van der Waals surface area contributed by atoms with Crippen LogP contribution in [-0.2, 0) is 11.3 Å². The molecule has 0 saturated carbocycles. The maximum absolute atomic E-state index is 13.2. The third kappa shape index (κ3) is 5.80. The first-order chi connectivity index (χ1) is 15.0. The van der Waals surface area contributed by atoms with Gasteiger partial charge in [-0.3, -0.25) is 14.6 Å². The Morgan fingerprint density at radius 2 is 1.65 bits per heavy atom.